The highest BCUT2D eigenvalue weighted by atomic mass is 16.5. The van der Waals surface area contributed by atoms with Gasteiger partial charge in [0.15, 0.2) is 0 Å². The number of methoxy groups -OCH3 is 1. The van der Waals surface area contributed by atoms with Crippen molar-refractivity contribution in [3.8, 4) is 0 Å². The number of rotatable bonds is 8. The molecule has 1 heterocycles. The maximum atomic E-state index is 12.4. The monoisotopic (exact) mass is 362 g/mol. The minimum Gasteiger partial charge on any atom is -0.382 e. The fourth-order valence-corrected chi connectivity index (χ4v) is 2.95. The molecule has 0 atom stereocenters. The molecule has 0 saturated carbocycles. The number of carbonyl (C=O) groups is 2. The third-order valence-electron chi connectivity index (χ3n) is 4.68. The number of nitrogens with zero attached hydrogens (tertiary/aromatic N) is 1. The molecule has 0 aromatic heterocycles. The number of carbonyl (C=O) groups excluding carboxylic acids is 2. The smallest absolute Gasteiger partial charge is 0.251 e. The van der Waals surface area contributed by atoms with Crippen LogP contribution in [0.15, 0.2) is 24.3 Å². The molecule has 1 N–H and O–H groups in total. The zero-order valence-corrected chi connectivity index (χ0v) is 16.0. The van der Waals surface area contributed by atoms with E-state index in [0.29, 0.717) is 37.8 Å². The molecule has 26 heavy (non-hydrogen) atoms. The van der Waals surface area contributed by atoms with E-state index in [-0.39, 0.29) is 24.5 Å². The fraction of sp³-hybridized carbons (Fsp3) is 0.600. The molecule has 2 amide bonds. The van der Waals surface area contributed by atoms with Gasteiger partial charge in [-0.1, -0.05) is 26.0 Å². The number of likely N-dealkylation sites (tertiary alicyclic amines) is 1. The summed E-state index contributed by atoms with van der Waals surface area (Å²) in [6.45, 7) is 6.54. The van der Waals surface area contributed by atoms with Gasteiger partial charge in [-0.2, -0.15) is 0 Å². The molecule has 1 fully saturated rings. The highest BCUT2D eigenvalue weighted by Crippen LogP contribution is 2.16. The molecule has 0 aliphatic carbocycles. The zero-order valence-electron chi connectivity index (χ0n) is 16.0. The highest BCUT2D eigenvalue weighted by Gasteiger charge is 2.24. The van der Waals surface area contributed by atoms with Gasteiger partial charge in [-0.25, -0.2) is 0 Å². The van der Waals surface area contributed by atoms with E-state index in [1.54, 1.807) is 12.0 Å². The van der Waals surface area contributed by atoms with Crippen molar-refractivity contribution in [2.45, 2.75) is 38.6 Å². The molecule has 144 valence electrons. The Morgan fingerprint density at radius 1 is 1.15 bits per heavy atom. The topological polar surface area (TPSA) is 67.9 Å². The summed E-state index contributed by atoms with van der Waals surface area (Å²) in [6.07, 6.45) is 1.53. The van der Waals surface area contributed by atoms with Crippen molar-refractivity contribution < 1.29 is 19.1 Å². The van der Waals surface area contributed by atoms with E-state index in [0.717, 1.165) is 12.8 Å². The Bertz CT molecular complexity index is 578. The number of nitrogens with one attached hydrogen (secondary N) is 1. The van der Waals surface area contributed by atoms with E-state index in [1.807, 2.05) is 24.3 Å². The lowest BCUT2D eigenvalue weighted by Gasteiger charge is -2.32. The maximum Gasteiger partial charge on any atom is 0.251 e. The van der Waals surface area contributed by atoms with Crippen LogP contribution in [0.1, 0.15) is 48.5 Å². The number of benzene rings is 1. The third-order valence-corrected chi connectivity index (χ3v) is 4.68. The summed E-state index contributed by atoms with van der Waals surface area (Å²) in [7, 11) is 1.60. The first-order valence-corrected chi connectivity index (χ1v) is 9.26. The maximum absolute atomic E-state index is 12.4. The van der Waals surface area contributed by atoms with Gasteiger partial charge in [0.1, 0.15) is 6.61 Å². The molecule has 1 saturated heterocycles. The van der Waals surface area contributed by atoms with Crippen molar-refractivity contribution >= 4 is 11.8 Å². The zero-order chi connectivity index (χ0) is 18.9. The summed E-state index contributed by atoms with van der Waals surface area (Å²) < 4.78 is 10.2. The summed E-state index contributed by atoms with van der Waals surface area (Å²) in [5, 5.41) is 3.08. The number of piperidine rings is 1. The number of hydrogen-bond donors (Lipinski definition) is 1. The molecule has 0 bridgehead atoms. The second-order valence-electron chi connectivity index (χ2n) is 6.95. The lowest BCUT2D eigenvalue weighted by Crippen LogP contribution is -2.47. The van der Waals surface area contributed by atoms with Crippen molar-refractivity contribution in [1.82, 2.24) is 10.2 Å². The Morgan fingerprint density at radius 2 is 1.81 bits per heavy atom. The summed E-state index contributed by atoms with van der Waals surface area (Å²) in [6, 6.07) is 7.86. The largest absolute Gasteiger partial charge is 0.382 e. The molecule has 0 spiro atoms. The van der Waals surface area contributed by atoms with Gasteiger partial charge in [0, 0.05) is 31.8 Å². The standard InChI is InChI=1S/C20H30N2O4/c1-15(2)16-4-6-17(7-5-16)20(24)21-18-8-10-22(11-9-18)19(23)14-26-13-12-25-3/h4-7,15,18H,8-14H2,1-3H3,(H,21,24). The third kappa shape index (κ3) is 6.11. The van der Waals surface area contributed by atoms with Crippen molar-refractivity contribution in [2.24, 2.45) is 0 Å². The minimum atomic E-state index is -0.0482. The molecular formula is C20H30N2O4. The molecule has 0 unspecified atom stereocenters. The molecule has 1 aromatic rings. The van der Waals surface area contributed by atoms with Crippen LogP contribution >= 0.6 is 0 Å². The van der Waals surface area contributed by atoms with Crippen LogP contribution in [-0.4, -0.2) is 62.8 Å². The van der Waals surface area contributed by atoms with Crippen molar-refractivity contribution in [2.75, 3.05) is 40.0 Å². The van der Waals surface area contributed by atoms with Crippen LogP contribution in [0, 0.1) is 0 Å². The van der Waals surface area contributed by atoms with Gasteiger partial charge in [0.2, 0.25) is 5.91 Å². The van der Waals surface area contributed by atoms with Gasteiger partial charge in [-0.3, -0.25) is 9.59 Å². The van der Waals surface area contributed by atoms with Crippen LogP contribution in [-0.2, 0) is 14.3 Å². The Hall–Kier alpha value is -1.92. The van der Waals surface area contributed by atoms with Crippen LogP contribution in [0.4, 0.5) is 0 Å². The lowest BCUT2D eigenvalue weighted by molar-refractivity contribution is -0.137. The average Bonchev–Trinajstić information content (AvgIpc) is 2.65. The molecule has 1 aromatic carbocycles. The summed E-state index contributed by atoms with van der Waals surface area (Å²) in [5.41, 5.74) is 1.90. The summed E-state index contributed by atoms with van der Waals surface area (Å²) >= 11 is 0. The van der Waals surface area contributed by atoms with Gasteiger partial charge in [0.05, 0.1) is 13.2 Å². The summed E-state index contributed by atoms with van der Waals surface area (Å²) in [5.74, 6) is 0.399. The Kier molecular flexibility index (Phi) is 8.06. The molecule has 6 heteroatoms. The second kappa shape index (κ2) is 10.3. The Labute approximate surface area is 155 Å². The van der Waals surface area contributed by atoms with Crippen LogP contribution in [0.3, 0.4) is 0 Å². The quantitative estimate of drug-likeness (QED) is 0.720. The highest BCUT2D eigenvalue weighted by molar-refractivity contribution is 5.94. The van der Waals surface area contributed by atoms with Crippen molar-refractivity contribution in [3.63, 3.8) is 0 Å². The lowest BCUT2D eigenvalue weighted by atomic mass is 10.0. The average molecular weight is 362 g/mol. The van der Waals surface area contributed by atoms with E-state index in [1.165, 1.54) is 5.56 Å². The molecule has 0 radical (unpaired) electrons. The molecule has 6 nitrogen and oxygen atoms in total. The SMILES string of the molecule is COCCOCC(=O)N1CCC(NC(=O)c2ccc(C(C)C)cc2)CC1. The molecular weight excluding hydrogens is 332 g/mol. The van der Waals surface area contributed by atoms with Crippen LogP contribution in [0.25, 0.3) is 0 Å². The first-order chi connectivity index (χ1) is 12.5. The first kappa shape index (κ1) is 20.4. The fourth-order valence-electron chi connectivity index (χ4n) is 2.95. The van der Waals surface area contributed by atoms with Gasteiger partial charge >= 0.3 is 0 Å². The van der Waals surface area contributed by atoms with E-state index in [2.05, 4.69) is 19.2 Å². The van der Waals surface area contributed by atoms with E-state index in [4.69, 9.17) is 9.47 Å². The van der Waals surface area contributed by atoms with Gasteiger partial charge in [0.25, 0.3) is 5.91 Å². The van der Waals surface area contributed by atoms with Crippen LogP contribution < -0.4 is 5.32 Å². The number of hydrogen-bond acceptors (Lipinski definition) is 4. The minimum absolute atomic E-state index is 0.00449. The van der Waals surface area contributed by atoms with E-state index in [9.17, 15) is 9.59 Å². The normalized spacial score (nSPS) is 15.3. The van der Waals surface area contributed by atoms with Crippen molar-refractivity contribution in [1.29, 1.82) is 0 Å². The van der Waals surface area contributed by atoms with Gasteiger partial charge in [-0.15, -0.1) is 0 Å². The molecule has 1 aliphatic rings. The second-order valence-corrected chi connectivity index (χ2v) is 6.95. The molecule has 1 aliphatic heterocycles. The predicted octanol–water partition coefficient (Wildman–Crippen LogP) is 2.19. The molecule has 2 rings (SSSR count). The van der Waals surface area contributed by atoms with E-state index < -0.39 is 0 Å². The summed E-state index contributed by atoms with van der Waals surface area (Å²) in [4.78, 5) is 26.3. The Morgan fingerprint density at radius 3 is 2.38 bits per heavy atom. The van der Waals surface area contributed by atoms with Gasteiger partial charge < -0.3 is 19.7 Å². The van der Waals surface area contributed by atoms with E-state index >= 15 is 0 Å². The van der Waals surface area contributed by atoms with Crippen LogP contribution in [0.5, 0.6) is 0 Å². The number of ether oxygens (including phenoxy) is 2. The number of amides is 2. The van der Waals surface area contributed by atoms with Crippen molar-refractivity contribution in [3.05, 3.63) is 35.4 Å². The predicted molar refractivity (Wildman–Crippen MR) is 100 cm³/mol. The van der Waals surface area contributed by atoms with Crippen LogP contribution in [0.2, 0.25) is 0 Å². The first-order valence-electron chi connectivity index (χ1n) is 9.26. The Balaban J connectivity index is 1.74. The van der Waals surface area contributed by atoms with Gasteiger partial charge in [-0.05, 0) is 36.5 Å².